The van der Waals surface area contributed by atoms with Gasteiger partial charge in [0.15, 0.2) is 0 Å². The zero-order valence-corrected chi connectivity index (χ0v) is 14.7. The molecule has 4 nitrogen and oxygen atoms in total. The minimum Gasteiger partial charge on any atom is -0.392 e. The molecule has 0 saturated heterocycles. The van der Waals surface area contributed by atoms with Crippen LogP contribution in [0.4, 0.5) is 0 Å². The number of nitrogens with two attached hydrogens (primary N) is 1. The minimum absolute atomic E-state index is 0.265. The Morgan fingerprint density at radius 1 is 1.24 bits per heavy atom. The molecule has 118 valence electrons. The van der Waals surface area contributed by atoms with E-state index in [1.807, 2.05) is 13.0 Å². The number of sulfonamides is 1. The summed E-state index contributed by atoms with van der Waals surface area (Å²) in [6, 6.07) is 3.45. The van der Waals surface area contributed by atoms with Gasteiger partial charge < -0.3 is 5.73 Å². The maximum absolute atomic E-state index is 12.6. The SMILES string of the molecule is Cc1ccc(S(=O)(=O)NC2(C(N)=S)CCCCCCC2)s1. The first-order valence-electron chi connectivity index (χ1n) is 7.26. The summed E-state index contributed by atoms with van der Waals surface area (Å²) < 4.78 is 28.4. The Morgan fingerprint density at radius 3 is 2.29 bits per heavy atom. The highest BCUT2D eigenvalue weighted by molar-refractivity contribution is 7.91. The second kappa shape index (κ2) is 6.73. The van der Waals surface area contributed by atoms with E-state index in [-0.39, 0.29) is 4.99 Å². The first-order chi connectivity index (χ1) is 9.86. The average Bonchev–Trinajstić information content (AvgIpc) is 2.80. The molecule has 0 aliphatic heterocycles. The van der Waals surface area contributed by atoms with Gasteiger partial charge in [-0.2, -0.15) is 4.72 Å². The van der Waals surface area contributed by atoms with E-state index in [2.05, 4.69) is 4.72 Å². The van der Waals surface area contributed by atoms with Gasteiger partial charge in [-0.05, 0) is 31.9 Å². The van der Waals surface area contributed by atoms with E-state index < -0.39 is 15.6 Å². The van der Waals surface area contributed by atoms with Crippen molar-refractivity contribution < 1.29 is 8.42 Å². The van der Waals surface area contributed by atoms with Crippen LogP contribution in [-0.2, 0) is 10.0 Å². The molecular formula is C14H22N2O2S3. The molecule has 0 amide bonds. The van der Waals surface area contributed by atoms with Crippen LogP contribution in [0.1, 0.15) is 49.8 Å². The van der Waals surface area contributed by atoms with Crippen molar-refractivity contribution in [2.75, 3.05) is 0 Å². The van der Waals surface area contributed by atoms with Crippen molar-refractivity contribution in [1.29, 1.82) is 0 Å². The lowest BCUT2D eigenvalue weighted by Crippen LogP contribution is -2.56. The number of hydrogen-bond acceptors (Lipinski definition) is 4. The number of thiophene rings is 1. The van der Waals surface area contributed by atoms with Gasteiger partial charge in [0.05, 0.1) is 10.5 Å². The number of rotatable bonds is 4. The van der Waals surface area contributed by atoms with E-state index in [1.165, 1.54) is 17.8 Å². The van der Waals surface area contributed by atoms with Gasteiger partial charge in [-0.3, -0.25) is 0 Å². The maximum atomic E-state index is 12.6. The van der Waals surface area contributed by atoms with Crippen LogP contribution in [0.3, 0.4) is 0 Å². The summed E-state index contributed by atoms with van der Waals surface area (Å²) in [5.41, 5.74) is 5.15. The van der Waals surface area contributed by atoms with Crippen molar-refractivity contribution in [1.82, 2.24) is 4.72 Å². The quantitative estimate of drug-likeness (QED) is 0.822. The largest absolute Gasteiger partial charge is 0.392 e. The fraction of sp³-hybridized carbons (Fsp3) is 0.643. The maximum Gasteiger partial charge on any atom is 0.250 e. The Labute approximate surface area is 136 Å². The van der Waals surface area contributed by atoms with Crippen LogP contribution in [0.5, 0.6) is 0 Å². The summed E-state index contributed by atoms with van der Waals surface area (Å²) >= 11 is 6.48. The Bertz CT molecular complexity index is 599. The summed E-state index contributed by atoms with van der Waals surface area (Å²) in [5.74, 6) is 0. The molecule has 2 rings (SSSR count). The normalized spacial score (nSPS) is 19.7. The lowest BCUT2D eigenvalue weighted by Gasteiger charge is -2.34. The molecule has 1 saturated carbocycles. The van der Waals surface area contributed by atoms with Crippen molar-refractivity contribution in [3.8, 4) is 0 Å². The summed E-state index contributed by atoms with van der Waals surface area (Å²) in [6.07, 6.45) is 6.67. The molecule has 0 radical (unpaired) electrons. The number of nitrogens with one attached hydrogen (secondary N) is 1. The molecule has 1 aliphatic carbocycles. The van der Waals surface area contributed by atoms with Crippen molar-refractivity contribution >= 4 is 38.6 Å². The predicted molar refractivity (Wildman–Crippen MR) is 91.2 cm³/mol. The van der Waals surface area contributed by atoms with Gasteiger partial charge in [0.2, 0.25) is 0 Å². The van der Waals surface area contributed by atoms with Gasteiger partial charge in [0, 0.05) is 4.88 Å². The van der Waals surface area contributed by atoms with E-state index >= 15 is 0 Å². The highest BCUT2D eigenvalue weighted by atomic mass is 32.2. The smallest absolute Gasteiger partial charge is 0.250 e. The molecule has 1 aromatic rings. The second-order valence-corrected chi connectivity index (χ2v) is 9.32. The van der Waals surface area contributed by atoms with Gasteiger partial charge >= 0.3 is 0 Å². The van der Waals surface area contributed by atoms with E-state index in [0.717, 1.165) is 30.6 Å². The lowest BCUT2D eigenvalue weighted by atomic mass is 9.85. The van der Waals surface area contributed by atoms with Gasteiger partial charge in [-0.1, -0.05) is 44.3 Å². The molecule has 0 unspecified atom stereocenters. The van der Waals surface area contributed by atoms with Crippen LogP contribution < -0.4 is 10.5 Å². The first-order valence-corrected chi connectivity index (χ1v) is 9.97. The third-order valence-corrected chi connectivity index (χ3v) is 7.41. The van der Waals surface area contributed by atoms with Gasteiger partial charge in [0.1, 0.15) is 4.21 Å². The van der Waals surface area contributed by atoms with Crippen molar-refractivity contribution in [3.05, 3.63) is 17.0 Å². The van der Waals surface area contributed by atoms with Gasteiger partial charge in [-0.15, -0.1) is 11.3 Å². The molecule has 7 heteroatoms. The fourth-order valence-corrected chi connectivity index (χ4v) is 5.82. The predicted octanol–water partition coefficient (Wildman–Crippen LogP) is 3.10. The Kier molecular flexibility index (Phi) is 5.40. The van der Waals surface area contributed by atoms with Gasteiger partial charge in [-0.25, -0.2) is 8.42 Å². The molecular weight excluding hydrogens is 324 g/mol. The second-order valence-electron chi connectivity index (χ2n) is 5.68. The first kappa shape index (κ1) is 16.9. The lowest BCUT2D eigenvalue weighted by molar-refractivity contribution is 0.372. The third kappa shape index (κ3) is 4.03. The highest BCUT2D eigenvalue weighted by Gasteiger charge is 2.38. The highest BCUT2D eigenvalue weighted by Crippen LogP contribution is 2.30. The zero-order valence-electron chi connectivity index (χ0n) is 12.2. The molecule has 1 heterocycles. The minimum atomic E-state index is -3.57. The van der Waals surface area contributed by atoms with E-state index in [4.69, 9.17) is 18.0 Å². The Balaban J connectivity index is 2.28. The number of aryl methyl sites for hydroxylation is 1. The molecule has 0 aromatic carbocycles. The van der Waals surface area contributed by atoms with Crippen LogP contribution in [-0.4, -0.2) is 18.9 Å². The van der Waals surface area contributed by atoms with Crippen LogP contribution in [0, 0.1) is 6.92 Å². The molecule has 21 heavy (non-hydrogen) atoms. The Hall–Kier alpha value is -0.500. The van der Waals surface area contributed by atoms with Crippen LogP contribution in [0.2, 0.25) is 0 Å². The summed E-state index contributed by atoms with van der Waals surface area (Å²) in [7, 11) is -3.57. The van der Waals surface area contributed by atoms with E-state index in [9.17, 15) is 8.42 Å². The monoisotopic (exact) mass is 346 g/mol. The molecule has 0 bridgehead atoms. The van der Waals surface area contributed by atoms with Crippen LogP contribution in [0.15, 0.2) is 16.3 Å². The zero-order chi connectivity index (χ0) is 15.5. The average molecular weight is 347 g/mol. The van der Waals surface area contributed by atoms with Crippen LogP contribution >= 0.6 is 23.6 Å². The fourth-order valence-electron chi connectivity index (χ4n) is 2.77. The molecule has 1 aliphatic rings. The van der Waals surface area contributed by atoms with Crippen molar-refractivity contribution in [2.45, 2.75) is 61.6 Å². The van der Waals surface area contributed by atoms with E-state index in [1.54, 1.807) is 6.07 Å². The summed E-state index contributed by atoms with van der Waals surface area (Å²) in [6.45, 7) is 1.89. The van der Waals surface area contributed by atoms with Crippen molar-refractivity contribution in [2.24, 2.45) is 5.73 Å². The molecule has 1 fully saturated rings. The molecule has 0 spiro atoms. The molecule has 0 atom stereocenters. The van der Waals surface area contributed by atoms with Gasteiger partial charge in [0.25, 0.3) is 10.0 Å². The number of hydrogen-bond donors (Lipinski definition) is 2. The standard InChI is InChI=1S/C14H22N2O2S3/c1-11-7-8-12(20-11)21(17,18)16-14(13(15)19)9-5-3-2-4-6-10-14/h7-8,16H,2-6,9-10H2,1H3,(H2,15,19). The molecule has 1 aromatic heterocycles. The number of thiocarbonyl (C=S) groups is 1. The molecule has 3 N–H and O–H groups in total. The Morgan fingerprint density at radius 2 is 1.81 bits per heavy atom. The van der Waals surface area contributed by atoms with E-state index in [0.29, 0.717) is 17.1 Å². The van der Waals surface area contributed by atoms with Crippen molar-refractivity contribution in [3.63, 3.8) is 0 Å². The summed E-state index contributed by atoms with van der Waals surface area (Å²) in [5, 5.41) is 0. The van der Waals surface area contributed by atoms with Crippen LogP contribution in [0.25, 0.3) is 0 Å². The topological polar surface area (TPSA) is 72.2 Å². The summed E-state index contributed by atoms with van der Waals surface area (Å²) in [4.78, 5) is 1.23. The third-order valence-electron chi connectivity index (χ3n) is 3.99.